The molecule has 0 atom stereocenters. The standard InChI is InChI=1S/C16H18O/c1-3-14-13(11-12-7-5-6-8-12)9-10-16(17)15(14)4-2/h3-10,12,17H,11H2,1-2H3/b14-3-,15-4+. The lowest BCUT2D eigenvalue weighted by Crippen LogP contribution is -2.29. The Morgan fingerprint density at radius 1 is 1.06 bits per heavy atom. The van der Waals surface area contributed by atoms with Crippen LogP contribution in [0.5, 0.6) is 5.75 Å². The highest BCUT2D eigenvalue weighted by Gasteiger charge is 2.07. The predicted octanol–water partition coefficient (Wildman–Crippen LogP) is 2.28. The Hall–Kier alpha value is -1.76. The molecule has 1 N–H and O–H groups in total. The molecule has 0 amide bonds. The summed E-state index contributed by atoms with van der Waals surface area (Å²) in [5.41, 5.74) is 1.29. The Labute approximate surface area is 102 Å². The number of benzene rings is 1. The third-order valence-electron chi connectivity index (χ3n) is 3.22. The zero-order valence-corrected chi connectivity index (χ0v) is 10.4. The van der Waals surface area contributed by atoms with Crippen molar-refractivity contribution in [1.29, 1.82) is 0 Å². The van der Waals surface area contributed by atoms with Crippen molar-refractivity contribution < 1.29 is 5.11 Å². The number of hydrogen-bond donors (Lipinski definition) is 1. The average Bonchev–Trinajstić information content (AvgIpc) is 2.83. The molecular weight excluding hydrogens is 208 g/mol. The Balaban J connectivity index is 2.48. The van der Waals surface area contributed by atoms with E-state index < -0.39 is 0 Å². The second kappa shape index (κ2) is 5.05. The fourth-order valence-corrected chi connectivity index (χ4v) is 2.36. The first-order chi connectivity index (χ1) is 8.26. The molecule has 17 heavy (non-hydrogen) atoms. The highest BCUT2D eigenvalue weighted by atomic mass is 16.3. The Morgan fingerprint density at radius 2 is 1.71 bits per heavy atom. The first-order valence-electron chi connectivity index (χ1n) is 6.04. The molecular formula is C16H18O. The van der Waals surface area contributed by atoms with Crippen molar-refractivity contribution in [2.75, 3.05) is 0 Å². The summed E-state index contributed by atoms with van der Waals surface area (Å²) in [5, 5.41) is 11.9. The average molecular weight is 226 g/mol. The largest absolute Gasteiger partial charge is 0.507 e. The van der Waals surface area contributed by atoms with Crippen molar-refractivity contribution in [2.45, 2.75) is 20.3 Å². The zero-order chi connectivity index (χ0) is 12.3. The highest BCUT2D eigenvalue weighted by Crippen LogP contribution is 2.14. The Morgan fingerprint density at radius 3 is 2.29 bits per heavy atom. The van der Waals surface area contributed by atoms with Gasteiger partial charge in [0.1, 0.15) is 5.75 Å². The fourth-order valence-electron chi connectivity index (χ4n) is 2.36. The molecule has 1 nitrogen and oxygen atoms in total. The van der Waals surface area contributed by atoms with Crippen molar-refractivity contribution in [1.82, 2.24) is 0 Å². The minimum Gasteiger partial charge on any atom is -0.507 e. The van der Waals surface area contributed by atoms with Gasteiger partial charge in [-0.2, -0.15) is 0 Å². The number of phenolic OH excluding ortho intramolecular Hbond substituents is 1. The summed E-state index contributed by atoms with van der Waals surface area (Å²) in [7, 11) is 0. The molecule has 1 aliphatic rings. The molecule has 0 aromatic heterocycles. The van der Waals surface area contributed by atoms with Gasteiger partial charge in [0.05, 0.1) is 0 Å². The van der Waals surface area contributed by atoms with Gasteiger partial charge < -0.3 is 5.11 Å². The number of rotatable bonds is 2. The van der Waals surface area contributed by atoms with Gasteiger partial charge in [-0.05, 0) is 43.0 Å². The minimum atomic E-state index is 0.363. The maximum atomic E-state index is 9.83. The normalized spacial score (nSPS) is 17.3. The number of phenols is 1. The second-order valence-corrected chi connectivity index (χ2v) is 4.29. The van der Waals surface area contributed by atoms with E-state index in [0.29, 0.717) is 11.7 Å². The Kier molecular flexibility index (Phi) is 3.48. The molecule has 0 saturated heterocycles. The van der Waals surface area contributed by atoms with Gasteiger partial charge in [-0.1, -0.05) is 42.5 Å². The molecule has 0 bridgehead atoms. The number of aromatic hydroxyl groups is 1. The summed E-state index contributed by atoms with van der Waals surface area (Å²) in [5.74, 6) is 0.852. The first-order valence-corrected chi connectivity index (χ1v) is 6.04. The van der Waals surface area contributed by atoms with E-state index in [9.17, 15) is 5.11 Å². The first kappa shape index (κ1) is 11.7. The van der Waals surface area contributed by atoms with E-state index in [1.54, 1.807) is 6.07 Å². The molecule has 0 saturated carbocycles. The van der Waals surface area contributed by atoms with E-state index in [-0.39, 0.29) is 0 Å². The van der Waals surface area contributed by atoms with Crippen LogP contribution in [0.4, 0.5) is 0 Å². The maximum Gasteiger partial charge on any atom is 0.123 e. The molecule has 0 aliphatic heterocycles. The molecule has 0 radical (unpaired) electrons. The van der Waals surface area contributed by atoms with Gasteiger partial charge in [-0.15, -0.1) is 0 Å². The van der Waals surface area contributed by atoms with Gasteiger partial charge in [0, 0.05) is 5.22 Å². The smallest absolute Gasteiger partial charge is 0.123 e. The van der Waals surface area contributed by atoms with Gasteiger partial charge >= 0.3 is 0 Å². The maximum absolute atomic E-state index is 9.83. The van der Waals surface area contributed by atoms with Crippen LogP contribution in [0.3, 0.4) is 0 Å². The summed E-state index contributed by atoms with van der Waals surface area (Å²) < 4.78 is 0. The van der Waals surface area contributed by atoms with Crippen molar-refractivity contribution in [3.05, 3.63) is 52.4 Å². The monoisotopic (exact) mass is 226 g/mol. The summed E-state index contributed by atoms with van der Waals surface area (Å²) >= 11 is 0. The lowest BCUT2D eigenvalue weighted by atomic mass is 9.97. The van der Waals surface area contributed by atoms with Crippen LogP contribution in [0.2, 0.25) is 0 Å². The van der Waals surface area contributed by atoms with Gasteiger partial charge in [0.2, 0.25) is 0 Å². The van der Waals surface area contributed by atoms with E-state index >= 15 is 0 Å². The van der Waals surface area contributed by atoms with Crippen molar-refractivity contribution >= 4 is 12.2 Å². The number of hydrogen-bond acceptors (Lipinski definition) is 1. The van der Waals surface area contributed by atoms with Crippen LogP contribution < -0.4 is 10.4 Å². The molecule has 0 heterocycles. The lowest BCUT2D eigenvalue weighted by Gasteiger charge is -2.08. The van der Waals surface area contributed by atoms with E-state index in [1.165, 1.54) is 5.56 Å². The molecule has 0 fully saturated rings. The Bertz CT molecular complexity index is 564. The lowest BCUT2D eigenvalue weighted by molar-refractivity contribution is 0.469. The van der Waals surface area contributed by atoms with Gasteiger partial charge in [-0.3, -0.25) is 0 Å². The molecule has 1 aromatic rings. The molecule has 88 valence electrons. The number of allylic oxidation sites excluding steroid dienone is 4. The van der Waals surface area contributed by atoms with Crippen LogP contribution in [0.1, 0.15) is 19.4 Å². The molecule has 0 spiro atoms. The van der Waals surface area contributed by atoms with Crippen LogP contribution in [0.15, 0.2) is 36.4 Å². The topological polar surface area (TPSA) is 20.2 Å². The van der Waals surface area contributed by atoms with Gasteiger partial charge in [0.15, 0.2) is 0 Å². The highest BCUT2D eigenvalue weighted by molar-refractivity contribution is 5.41. The molecule has 2 rings (SSSR count). The van der Waals surface area contributed by atoms with Crippen molar-refractivity contribution in [3.8, 4) is 5.75 Å². The molecule has 0 unspecified atom stereocenters. The van der Waals surface area contributed by atoms with Gasteiger partial charge in [0.25, 0.3) is 0 Å². The van der Waals surface area contributed by atoms with E-state index in [2.05, 4.69) is 30.4 Å². The SMILES string of the molecule is C/C=c1/c(CC2C=CC=C2)ccc(O)/c1=C/C. The summed E-state index contributed by atoms with van der Waals surface area (Å²) in [4.78, 5) is 0. The summed E-state index contributed by atoms with van der Waals surface area (Å²) in [6.45, 7) is 3.98. The summed E-state index contributed by atoms with van der Waals surface area (Å²) in [6, 6.07) is 3.82. The van der Waals surface area contributed by atoms with E-state index in [0.717, 1.165) is 16.9 Å². The van der Waals surface area contributed by atoms with Crippen LogP contribution >= 0.6 is 0 Å². The molecule has 1 aliphatic carbocycles. The van der Waals surface area contributed by atoms with Crippen LogP contribution in [0, 0.1) is 5.92 Å². The van der Waals surface area contributed by atoms with Crippen molar-refractivity contribution in [2.24, 2.45) is 5.92 Å². The summed E-state index contributed by atoms with van der Waals surface area (Å²) in [6.07, 6.45) is 13.6. The van der Waals surface area contributed by atoms with Crippen LogP contribution in [0.25, 0.3) is 12.2 Å². The fraction of sp³-hybridized carbons (Fsp3) is 0.250. The molecule has 1 heteroatoms. The van der Waals surface area contributed by atoms with Crippen molar-refractivity contribution in [3.63, 3.8) is 0 Å². The third kappa shape index (κ3) is 2.33. The van der Waals surface area contributed by atoms with Crippen LogP contribution in [-0.2, 0) is 6.42 Å². The quantitative estimate of drug-likeness (QED) is 0.820. The third-order valence-corrected chi connectivity index (χ3v) is 3.22. The van der Waals surface area contributed by atoms with Gasteiger partial charge in [-0.25, -0.2) is 0 Å². The zero-order valence-electron chi connectivity index (χ0n) is 10.4. The van der Waals surface area contributed by atoms with Crippen LogP contribution in [-0.4, -0.2) is 5.11 Å². The van der Waals surface area contributed by atoms with E-state index in [1.807, 2.05) is 26.0 Å². The van der Waals surface area contributed by atoms with E-state index in [4.69, 9.17) is 0 Å². The second-order valence-electron chi connectivity index (χ2n) is 4.29. The minimum absolute atomic E-state index is 0.363. The molecule has 1 aromatic carbocycles. The predicted molar refractivity (Wildman–Crippen MR) is 73.1 cm³/mol.